The van der Waals surface area contributed by atoms with Gasteiger partial charge in [-0.05, 0) is 31.2 Å². The second-order valence-electron chi connectivity index (χ2n) is 4.84. The number of nitrogens with two attached hydrogens (primary N) is 1. The molecule has 0 aliphatic carbocycles. The molecule has 0 atom stereocenters. The molecule has 0 fully saturated rings. The predicted molar refractivity (Wildman–Crippen MR) is 94.6 cm³/mol. The summed E-state index contributed by atoms with van der Waals surface area (Å²) in [6, 6.07) is 5.92. The van der Waals surface area contributed by atoms with Gasteiger partial charge in [-0.2, -0.15) is 5.10 Å². The molecule has 4 N–H and O–H groups in total. The maximum Gasteiger partial charge on any atom is 0.345 e. The van der Waals surface area contributed by atoms with Crippen molar-refractivity contribution in [3.63, 3.8) is 0 Å². The van der Waals surface area contributed by atoms with Gasteiger partial charge in [0.25, 0.3) is 10.0 Å². The Labute approximate surface area is 153 Å². The van der Waals surface area contributed by atoms with Gasteiger partial charge in [0.15, 0.2) is 5.82 Å². The molecule has 1 heterocycles. The Hall–Kier alpha value is -2.11. The number of benzene rings is 1. The van der Waals surface area contributed by atoms with Crippen molar-refractivity contribution in [2.45, 2.75) is 18.4 Å². The third kappa shape index (κ3) is 4.30. The van der Waals surface area contributed by atoms with E-state index in [4.69, 9.17) is 15.6 Å². The van der Waals surface area contributed by atoms with Crippen LogP contribution in [0.15, 0.2) is 33.6 Å². The molecule has 2 rings (SSSR count). The Kier molecular flexibility index (Phi) is 6.03. The summed E-state index contributed by atoms with van der Waals surface area (Å²) in [4.78, 5) is 12.1. The highest BCUT2D eigenvalue weighted by atomic mass is 79.9. The van der Waals surface area contributed by atoms with Crippen molar-refractivity contribution in [2.24, 2.45) is 0 Å². The Morgan fingerprint density at radius 1 is 1.40 bits per heavy atom. The molecule has 136 valence electrons. The van der Waals surface area contributed by atoms with Crippen LogP contribution in [0.4, 0.5) is 11.6 Å². The van der Waals surface area contributed by atoms with Crippen molar-refractivity contribution in [3.05, 3.63) is 34.3 Å². The zero-order chi connectivity index (χ0) is 18.6. The number of sulfonamides is 1. The number of rotatable bonds is 7. The molecule has 0 saturated carbocycles. The summed E-state index contributed by atoms with van der Waals surface area (Å²) in [6.07, 6.45) is 0. The summed E-state index contributed by atoms with van der Waals surface area (Å²) in [5.41, 5.74) is 5.65. The lowest BCUT2D eigenvalue weighted by Gasteiger charge is -2.07. The van der Waals surface area contributed by atoms with Crippen molar-refractivity contribution in [3.8, 4) is 0 Å². The van der Waals surface area contributed by atoms with Crippen LogP contribution < -0.4 is 10.5 Å². The van der Waals surface area contributed by atoms with E-state index in [-0.39, 0.29) is 41.9 Å². The molecule has 0 aliphatic heterocycles. The van der Waals surface area contributed by atoms with Crippen LogP contribution in [0.5, 0.6) is 0 Å². The Balaban J connectivity index is 2.45. The first-order chi connectivity index (χ1) is 11.8. The Morgan fingerprint density at radius 2 is 2.04 bits per heavy atom. The van der Waals surface area contributed by atoms with Gasteiger partial charge in [-0.3, -0.25) is 4.72 Å². The van der Waals surface area contributed by atoms with Gasteiger partial charge in [0.05, 0.1) is 24.7 Å². The van der Waals surface area contributed by atoms with E-state index >= 15 is 0 Å². The van der Waals surface area contributed by atoms with Crippen LogP contribution in [-0.2, 0) is 21.3 Å². The molecule has 0 radical (unpaired) electrons. The van der Waals surface area contributed by atoms with Gasteiger partial charge in [0.1, 0.15) is 11.4 Å². The number of nitrogens with zero attached hydrogens (tertiary/aromatic N) is 2. The number of aliphatic hydroxyl groups excluding tert-OH is 1. The number of hydrogen-bond donors (Lipinski definition) is 3. The largest absolute Gasteiger partial charge is 0.462 e. The van der Waals surface area contributed by atoms with Crippen LogP contribution in [0.1, 0.15) is 17.3 Å². The highest BCUT2D eigenvalue weighted by molar-refractivity contribution is 9.10. The smallest absolute Gasteiger partial charge is 0.345 e. The third-order valence-corrected chi connectivity index (χ3v) is 5.02. The lowest BCUT2D eigenvalue weighted by atomic mass is 10.3. The molecular weight excluding hydrogens is 416 g/mol. The summed E-state index contributed by atoms with van der Waals surface area (Å²) in [5, 5.41) is 13.0. The van der Waals surface area contributed by atoms with E-state index in [2.05, 4.69) is 25.8 Å². The zero-order valence-corrected chi connectivity index (χ0v) is 15.7. The summed E-state index contributed by atoms with van der Waals surface area (Å²) in [7, 11) is -3.99. The normalized spacial score (nSPS) is 11.3. The molecule has 2 aromatic rings. The molecule has 0 unspecified atom stereocenters. The van der Waals surface area contributed by atoms with Crippen LogP contribution in [0.25, 0.3) is 0 Å². The fourth-order valence-electron chi connectivity index (χ4n) is 2.02. The lowest BCUT2D eigenvalue weighted by molar-refractivity contribution is 0.0528. The number of ether oxygens (including phenoxy) is 1. The molecule has 0 amide bonds. The number of hydrogen-bond acceptors (Lipinski definition) is 7. The Morgan fingerprint density at radius 3 is 2.60 bits per heavy atom. The van der Waals surface area contributed by atoms with E-state index in [1.54, 1.807) is 19.1 Å². The average molecular weight is 433 g/mol. The minimum atomic E-state index is -3.99. The number of esters is 1. The van der Waals surface area contributed by atoms with Crippen LogP contribution >= 0.6 is 15.9 Å². The van der Waals surface area contributed by atoms with Crippen LogP contribution in [-0.4, -0.2) is 42.5 Å². The third-order valence-electron chi connectivity index (χ3n) is 3.14. The van der Waals surface area contributed by atoms with Crippen molar-refractivity contribution in [2.75, 3.05) is 23.7 Å². The van der Waals surface area contributed by atoms with E-state index in [1.165, 1.54) is 12.1 Å². The van der Waals surface area contributed by atoms with E-state index in [9.17, 15) is 13.2 Å². The maximum atomic E-state index is 12.5. The van der Waals surface area contributed by atoms with E-state index in [0.29, 0.717) is 0 Å². The number of halogens is 1. The molecule has 9 nitrogen and oxygen atoms in total. The molecule has 11 heteroatoms. The average Bonchev–Trinajstić information content (AvgIpc) is 2.83. The topological polar surface area (TPSA) is 137 Å². The number of carbonyl (C=O) groups excluding carboxylic acids is 1. The molecular formula is C14H17BrN4O5S. The molecule has 0 saturated heterocycles. The van der Waals surface area contributed by atoms with E-state index < -0.39 is 16.0 Å². The monoisotopic (exact) mass is 432 g/mol. The fourth-order valence-corrected chi connectivity index (χ4v) is 3.29. The number of aliphatic hydroxyl groups is 1. The number of anilines is 2. The second-order valence-corrected chi connectivity index (χ2v) is 7.43. The van der Waals surface area contributed by atoms with Crippen LogP contribution in [0.3, 0.4) is 0 Å². The number of nitrogen functional groups attached to an aromatic ring is 1. The van der Waals surface area contributed by atoms with Gasteiger partial charge in [0.2, 0.25) is 0 Å². The Bertz CT molecular complexity index is 864. The summed E-state index contributed by atoms with van der Waals surface area (Å²) >= 11 is 3.22. The first-order valence-corrected chi connectivity index (χ1v) is 9.50. The van der Waals surface area contributed by atoms with E-state index in [1.807, 2.05) is 0 Å². The minimum Gasteiger partial charge on any atom is -0.462 e. The molecule has 0 spiro atoms. The maximum absolute atomic E-state index is 12.5. The van der Waals surface area contributed by atoms with Gasteiger partial charge in [-0.25, -0.2) is 17.9 Å². The SMILES string of the molecule is CCOC(=O)c1c(NS(=O)(=O)c2ccc(Br)cc2)nn(CCO)c1N. The highest BCUT2D eigenvalue weighted by Gasteiger charge is 2.27. The quantitative estimate of drug-likeness (QED) is 0.558. The summed E-state index contributed by atoms with van der Waals surface area (Å²) < 4.78 is 34.0. The summed E-state index contributed by atoms with van der Waals surface area (Å²) in [6.45, 7) is 1.41. The molecule has 25 heavy (non-hydrogen) atoms. The molecule has 1 aromatic carbocycles. The molecule has 0 bridgehead atoms. The van der Waals surface area contributed by atoms with Crippen molar-refractivity contribution in [1.29, 1.82) is 0 Å². The summed E-state index contributed by atoms with van der Waals surface area (Å²) in [5.74, 6) is -1.16. The number of aromatic nitrogens is 2. The number of nitrogens with one attached hydrogen (secondary N) is 1. The predicted octanol–water partition coefficient (Wildman–Crippen LogP) is 1.20. The van der Waals surface area contributed by atoms with Crippen molar-refractivity contribution < 1.29 is 23.1 Å². The van der Waals surface area contributed by atoms with Gasteiger partial charge < -0.3 is 15.6 Å². The zero-order valence-electron chi connectivity index (χ0n) is 13.3. The van der Waals surface area contributed by atoms with Crippen molar-refractivity contribution >= 4 is 43.6 Å². The second kappa shape index (κ2) is 7.85. The molecule has 0 aliphatic rings. The first kappa shape index (κ1) is 19.2. The van der Waals surface area contributed by atoms with Gasteiger partial charge >= 0.3 is 5.97 Å². The van der Waals surface area contributed by atoms with Crippen molar-refractivity contribution in [1.82, 2.24) is 9.78 Å². The lowest BCUT2D eigenvalue weighted by Crippen LogP contribution is -2.16. The van der Waals surface area contributed by atoms with Crippen LogP contribution in [0, 0.1) is 0 Å². The highest BCUT2D eigenvalue weighted by Crippen LogP contribution is 2.26. The molecule has 1 aromatic heterocycles. The van der Waals surface area contributed by atoms with Crippen LogP contribution in [0.2, 0.25) is 0 Å². The standard InChI is InChI=1S/C14H17BrN4O5S/c1-2-24-14(21)11-12(16)19(7-8-20)17-13(11)18-25(22,23)10-5-3-9(15)4-6-10/h3-6,20H,2,7-8,16H2,1H3,(H,17,18). The first-order valence-electron chi connectivity index (χ1n) is 7.22. The number of carbonyl (C=O) groups is 1. The fraction of sp³-hybridized carbons (Fsp3) is 0.286. The minimum absolute atomic E-state index is 0.00174. The van der Waals surface area contributed by atoms with Gasteiger partial charge in [-0.15, -0.1) is 0 Å². The van der Waals surface area contributed by atoms with Gasteiger partial charge in [-0.1, -0.05) is 15.9 Å². The van der Waals surface area contributed by atoms with E-state index in [0.717, 1.165) is 9.15 Å². The van der Waals surface area contributed by atoms with Gasteiger partial charge in [0, 0.05) is 4.47 Å².